The van der Waals surface area contributed by atoms with Gasteiger partial charge in [-0.3, -0.25) is 10.1 Å². The fraction of sp³-hybridized carbons (Fsp3) is 0.125. The molecule has 0 fully saturated rings. The maximum Gasteiger partial charge on any atom is 0.257 e. The molecule has 0 atom stereocenters. The normalized spacial score (nSPS) is 10.6. The standard InChI is InChI=1S/C16H14N2O2S/c1-10-5-3-8-13-14(10)17-16(21-13)18-15(19)11-6-4-7-12(9-11)20-2/h3-9H,1-2H3,(H,17,18,19). The minimum atomic E-state index is -0.189. The van der Waals surface area contributed by atoms with Gasteiger partial charge >= 0.3 is 0 Å². The first-order valence-electron chi connectivity index (χ1n) is 6.49. The molecule has 0 bridgehead atoms. The first kappa shape index (κ1) is 13.6. The number of aromatic nitrogens is 1. The molecule has 2 aromatic carbocycles. The van der Waals surface area contributed by atoms with Crippen LogP contribution in [-0.4, -0.2) is 18.0 Å². The highest BCUT2D eigenvalue weighted by molar-refractivity contribution is 7.22. The van der Waals surface area contributed by atoms with Crippen LogP contribution >= 0.6 is 11.3 Å². The Kier molecular flexibility index (Phi) is 3.58. The number of methoxy groups -OCH3 is 1. The van der Waals surface area contributed by atoms with Crippen molar-refractivity contribution in [2.45, 2.75) is 6.92 Å². The van der Waals surface area contributed by atoms with E-state index < -0.39 is 0 Å². The lowest BCUT2D eigenvalue weighted by atomic mass is 10.2. The fourth-order valence-electron chi connectivity index (χ4n) is 2.07. The zero-order valence-corrected chi connectivity index (χ0v) is 12.5. The molecule has 21 heavy (non-hydrogen) atoms. The number of nitrogens with one attached hydrogen (secondary N) is 1. The first-order valence-corrected chi connectivity index (χ1v) is 7.30. The minimum Gasteiger partial charge on any atom is -0.497 e. The molecule has 5 heteroatoms. The number of rotatable bonds is 3. The topological polar surface area (TPSA) is 51.2 Å². The Morgan fingerprint density at radius 1 is 1.24 bits per heavy atom. The van der Waals surface area contributed by atoms with Gasteiger partial charge in [0.25, 0.3) is 5.91 Å². The molecular formula is C16H14N2O2S. The van der Waals surface area contributed by atoms with Crippen LogP contribution in [-0.2, 0) is 0 Å². The van der Waals surface area contributed by atoms with Crippen LogP contribution in [0.4, 0.5) is 5.13 Å². The number of aryl methyl sites for hydroxylation is 1. The van der Waals surface area contributed by atoms with Crippen LogP contribution in [0.25, 0.3) is 10.2 Å². The summed E-state index contributed by atoms with van der Waals surface area (Å²) in [6, 6.07) is 13.0. The zero-order chi connectivity index (χ0) is 14.8. The molecule has 0 aliphatic heterocycles. The van der Waals surface area contributed by atoms with Gasteiger partial charge in [-0.15, -0.1) is 0 Å². The van der Waals surface area contributed by atoms with E-state index in [1.54, 1.807) is 31.4 Å². The Bertz CT molecular complexity index is 811. The van der Waals surface area contributed by atoms with Crippen molar-refractivity contribution in [3.8, 4) is 5.75 Å². The van der Waals surface area contributed by atoms with Crippen LogP contribution in [0, 0.1) is 6.92 Å². The Labute approximate surface area is 126 Å². The number of carbonyl (C=O) groups excluding carboxylic acids is 1. The lowest BCUT2D eigenvalue weighted by Crippen LogP contribution is -2.11. The van der Waals surface area contributed by atoms with E-state index in [9.17, 15) is 4.79 Å². The average Bonchev–Trinajstić information content (AvgIpc) is 2.91. The molecular weight excluding hydrogens is 284 g/mol. The molecule has 1 amide bonds. The van der Waals surface area contributed by atoms with E-state index in [4.69, 9.17) is 4.74 Å². The summed E-state index contributed by atoms with van der Waals surface area (Å²) in [5.74, 6) is 0.466. The second-order valence-electron chi connectivity index (χ2n) is 4.63. The van der Waals surface area contributed by atoms with E-state index in [-0.39, 0.29) is 5.91 Å². The number of thiazole rings is 1. The van der Waals surface area contributed by atoms with Gasteiger partial charge in [0.1, 0.15) is 5.75 Å². The molecule has 106 valence electrons. The first-order chi connectivity index (χ1) is 10.2. The highest BCUT2D eigenvalue weighted by Gasteiger charge is 2.11. The maximum atomic E-state index is 12.2. The van der Waals surface area contributed by atoms with E-state index in [0.29, 0.717) is 16.4 Å². The fourth-order valence-corrected chi connectivity index (χ4v) is 3.01. The minimum absolute atomic E-state index is 0.189. The Morgan fingerprint density at radius 2 is 2.05 bits per heavy atom. The smallest absolute Gasteiger partial charge is 0.257 e. The third-order valence-electron chi connectivity index (χ3n) is 3.17. The molecule has 0 saturated carbocycles. The molecule has 0 aliphatic carbocycles. The molecule has 4 nitrogen and oxygen atoms in total. The lowest BCUT2D eigenvalue weighted by molar-refractivity contribution is 0.102. The van der Waals surface area contributed by atoms with Gasteiger partial charge in [0.05, 0.1) is 17.3 Å². The van der Waals surface area contributed by atoms with Gasteiger partial charge in [-0.1, -0.05) is 29.5 Å². The van der Waals surface area contributed by atoms with E-state index in [2.05, 4.69) is 10.3 Å². The van der Waals surface area contributed by atoms with Gasteiger partial charge in [-0.25, -0.2) is 4.98 Å². The highest BCUT2D eigenvalue weighted by atomic mass is 32.1. The molecule has 1 aromatic heterocycles. The number of para-hydroxylation sites is 1. The number of nitrogens with zero attached hydrogens (tertiary/aromatic N) is 1. The van der Waals surface area contributed by atoms with Crippen LogP contribution in [0.2, 0.25) is 0 Å². The number of benzene rings is 2. The maximum absolute atomic E-state index is 12.2. The van der Waals surface area contributed by atoms with E-state index >= 15 is 0 Å². The summed E-state index contributed by atoms with van der Waals surface area (Å²) in [6.45, 7) is 2.01. The van der Waals surface area contributed by atoms with Crippen LogP contribution in [0.1, 0.15) is 15.9 Å². The average molecular weight is 298 g/mol. The Morgan fingerprint density at radius 3 is 2.81 bits per heavy atom. The van der Waals surface area contributed by atoms with Gasteiger partial charge in [-0.05, 0) is 36.8 Å². The van der Waals surface area contributed by atoms with Crippen molar-refractivity contribution in [2.24, 2.45) is 0 Å². The van der Waals surface area contributed by atoms with Crippen LogP contribution in [0.15, 0.2) is 42.5 Å². The van der Waals surface area contributed by atoms with E-state index in [0.717, 1.165) is 15.8 Å². The molecule has 3 rings (SSSR count). The second-order valence-corrected chi connectivity index (χ2v) is 5.66. The molecule has 0 saturated heterocycles. The summed E-state index contributed by atoms with van der Waals surface area (Å²) in [4.78, 5) is 16.7. The van der Waals surface area contributed by atoms with Crippen LogP contribution < -0.4 is 10.1 Å². The Hall–Kier alpha value is -2.40. The SMILES string of the molecule is COc1cccc(C(=O)Nc2nc3c(C)cccc3s2)c1. The van der Waals surface area contributed by atoms with Gasteiger partial charge in [0.15, 0.2) is 5.13 Å². The number of hydrogen-bond acceptors (Lipinski definition) is 4. The van der Waals surface area contributed by atoms with Crippen molar-refractivity contribution in [1.29, 1.82) is 0 Å². The summed E-state index contributed by atoms with van der Waals surface area (Å²) in [7, 11) is 1.58. The third-order valence-corrected chi connectivity index (χ3v) is 4.11. The number of fused-ring (bicyclic) bond motifs is 1. The summed E-state index contributed by atoms with van der Waals surface area (Å²) < 4.78 is 6.19. The molecule has 0 unspecified atom stereocenters. The van der Waals surface area contributed by atoms with Crippen molar-refractivity contribution >= 4 is 32.6 Å². The summed E-state index contributed by atoms with van der Waals surface area (Å²) in [6.07, 6.45) is 0. The zero-order valence-electron chi connectivity index (χ0n) is 11.7. The van der Waals surface area contributed by atoms with Gasteiger partial charge in [0.2, 0.25) is 0 Å². The predicted octanol–water partition coefficient (Wildman–Crippen LogP) is 3.87. The lowest BCUT2D eigenvalue weighted by Gasteiger charge is -2.04. The van der Waals surface area contributed by atoms with Gasteiger partial charge in [0, 0.05) is 5.56 Å². The van der Waals surface area contributed by atoms with Crippen LogP contribution in [0.5, 0.6) is 5.75 Å². The summed E-state index contributed by atoms with van der Waals surface area (Å²) >= 11 is 1.47. The van der Waals surface area contributed by atoms with Crippen molar-refractivity contribution in [3.05, 3.63) is 53.6 Å². The van der Waals surface area contributed by atoms with Crippen molar-refractivity contribution in [3.63, 3.8) is 0 Å². The molecule has 0 radical (unpaired) electrons. The second kappa shape index (κ2) is 5.54. The molecule has 1 N–H and O–H groups in total. The summed E-state index contributed by atoms with van der Waals surface area (Å²) in [5.41, 5.74) is 2.58. The predicted molar refractivity (Wildman–Crippen MR) is 85.3 cm³/mol. The Balaban J connectivity index is 1.87. The largest absolute Gasteiger partial charge is 0.497 e. The number of anilines is 1. The molecule has 0 spiro atoms. The number of hydrogen-bond donors (Lipinski definition) is 1. The number of carbonyl (C=O) groups is 1. The number of amides is 1. The molecule has 3 aromatic rings. The van der Waals surface area contributed by atoms with Crippen molar-refractivity contribution in [2.75, 3.05) is 12.4 Å². The highest BCUT2D eigenvalue weighted by Crippen LogP contribution is 2.28. The monoisotopic (exact) mass is 298 g/mol. The van der Waals surface area contributed by atoms with E-state index in [1.807, 2.05) is 25.1 Å². The quantitative estimate of drug-likeness (QED) is 0.798. The van der Waals surface area contributed by atoms with Gasteiger partial charge < -0.3 is 4.74 Å². The molecule has 0 aliphatic rings. The van der Waals surface area contributed by atoms with Crippen molar-refractivity contribution < 1.29 is 9.53 Å². The molecule has 1 heterocycles. The van der Waals surface area contributed by atoms with E-state index in [1.165, 1.54) is 11.3 Å². The number of ether oxygens (including phenoxy) is 1. The van der Waals surface area contributed by atoms with Crippen LogP contribution in [0.3, 0.4) is 0 Å². The third kappa shape index (κ3) is 2.73. The summed E-state index contributed by atoms with van der Waals surface area (Å²) in [5, 5.41) is 3.44. The van der Waals surface area contributed by atoms with Crippen molar-refractivity contribution in [1.82, 2.24) is 4.98 Å². The van der Waals surface area contributed by atoms with Gasteiger partial charge in [-0.2, -0.15) is 0 Å².